The molecule has 1 aliphatic heterocycles. The van der Waals surface area contributed by atoms with Crippen molar-refractivity contribution in [1.29, 1.82) is 0 Å². The highest BCUT2D eigenvalue weighted by Gasteiger charge is 2.51. The molecule has 5 rings (SSSR count). The lowest BCUT2D eigenvalue weighted by Crippen LogP contribution is -2.43. The van der Waals surface area contributed by atoms with Gasteiger partial charge < -0.3 is 4.74 Å². The fraction of sp³-hybridized carbons (Fsp3) is 0.318. The van der Waals surface area contributed by atoms with Crippen molar-refractivity contribution in [2.24, 2.45) is 0 Å². The molecule has 1 spiro atoms. The molecule has 0 amide bonds. The SMILES string of the molecule is CC1=Cc2ccccc2[C@]2(Cc3ccc4c(c3O2)CCCC4)C1=O. The van der Waals surface area contributed by atoms with E-state index in [4.69, 9.17) is 4.74 Å². The first-order valence-electron chi connectivity index (χ1n) is 8.84. The summed E-state index contributed by atoms with van der Waals surface area (Å²) in [6.45, 7) is 1.90. The Morgan fingerprint density at radius 3 is 2.71 bits per heavy atom. The number of ketones is 1. The second kappa shape index (κ2) is 4.83. The fourth-order valence-electron chi connectivity index (χ4n) is 4.59. The number of hydrogen-bond donors (Lipinski definition) is 0. The smallest absolute Gasteiger partial charge is 0.207 e. The molecule has 2 heteroatoms. The van der Waals surface area contributed by atoms with E-state index in [-0.39, 0.29) is 5.78 Å². The maximum absolute atomic E-state index is 13.2. The zero-order chi connectivity index (χ0) is 16.3. The minimum Gasteiger partial charge on any atom is -0.473 e. The molecular formula is C22H20O2. The lowest BCUT2D eigenvalue weighted by molar-refractivity contribution is -0.130. The number of fused-ring (bicyclic) bond motifs is 5. The van der Waals surface area contributed by atoms with Crippen LogP contribution in [-0.4, -0.2) is 5.78 Å². The van der Waals surface area contributed by atoms with Gasteiger partial charge in [-0.05, 0) is 66.5 Å². The number of carbonyl (C=O) groups excluding carboxylic acids is 1. The van der Waals surface area contributed by atoms with Crippen LogP contribution in [-0.2, 0) is 29.7 Å². The summed E-state index contributed by atoms with van der Waals surface area (Å²) in [6.07, 6.45) is 7.30. The standard InChI is InChI=1S/C22H20O2/c1-14-12-16-7-3-5-9-19(16)22(21(14)23)13-17-11-10-15-6-2-4-8-18(15)20(17)24-22/h3,5,7,9-12H,2,4,6,8,13H2,1H3/t22-/m1/s1. The molecular weight excluding hydrogens is 296 g/mol. The van der Waals surface area contributed by atoms with E-state index in [0.29, 0.717) is 6.42 Å². The Kier molecular flexibility index (Phi) is 2.82. The van der Waals surface area contributed by atoms with Gasteiger partial charge in [0.15, 0.2) is 0 Å². The van der Waals surface area contributed by atoms with Crippen molar-refractivity contribution in [2.75, 3.05) is 0 Å². The van der Waals surface area contributed by atoms with Crippen LogP contribution in [0.25, 0.3) is 6.08 Å². The number of ether oxygens (including phenoxy) is 1. The van der Waals surface area contributed by atoms with Crippen LogP contribution in [0.5, 0.6) is 5.75 Å². The summed E-state index contributed by atoms with van der Waals surface area (Å²) >= 11 is 0. The number of rotatable bonds is 0. The van der Waals surface area contributed by atoms with Crippen molar-refractivity contribution in [3.63, 3.8) is 0 Å². The van der Waals surface area contributed by atoms with Gasteiger partial charge in [-0.1, -0.05) is 36.4 Å². The van der Waals surface area contributed by atoms with Crippen LogP contribution >= 0.6 is 0 Å². The van der Waals surface area contributed by atoms with Crippen molar-refractivity contribution >= 4 is 11.9 Å². The van der Waals surface area contributed by atoms with Crippen LogP contribution < -0.4 is 4.74 Å². The summed E-state index contributed by atoms with van der Waals surface area (Å²) in [5, 5.41) is 0. The van der Waals surface area contributed by atoms with Gasteiger partial charge in [-0.25, -0.2) is 0 Å². The molecule has 2 aliphatic carbocycles. The largest absolute Gasteiger partial charge is 0.473 e. The quantitative estimate of drug-likeness (QED) is 0.721. The van der Waals surface area contributed by atoms with Crippen LogP contribution in [0.3, 0.4) is 0 Å². The van der Waals surface area contributed by atoms with Crippen LogP contribution in [0.4, 0.5) is 0 Å². The van der Waals surface area contributed by atoms with Crippen molar-refractivity contribution in [3.8, 4) is 5.75 Å². The van der Waals surface area contributed by atoms with Gasteiger partial charge in [0, 0.05) is 12.0 Å². The van der Waals surface area contributed by atoms with Gasteiger partial charge in [0.2, 0.25) is 11.4 Å². The minimum absolute atomic E-state index is 0.113. The minimum atomic E-state index is -0.857. The number of carbonyl (C=O) groups is 1. The highest BCUT2D eigenvalue weighted by Crippen LogP contribution is 2.49. The summed E-state index contributed by atoms with van der Waals surface area (Å²) in [4.78, 5) is 13.2. The summed E-state index contributed by atoms with van der Waals surface area (Å²) in [5.74, 6) is 1.10. The third-order valence-corrected chi connectivity index (χ3v) is 5.77. The molecule has 0 radical (unpaired) electrons. The molecule has 24 heavy (non-hydrogen) atoms. The van der Waals surface area contributed by atoms with Gasteiger partial charge in [0.25, 0.3) is 0 Å². The molecule has 1 atom stereocenters. The lowest BCUT2D eigenvalue weighted by Gasteiger charge is -2.33. The highest BCUT2D eigenvalue weighted by molar-refractivity contribution is 6.09. The number of aryl methyl sites for hydroxylation is 1. The Morgan fingerprint density at radius 1 is 1.00 bits per heavy atom. The van der Waals surface area contributed by atoms with Gasteiger partial charge in [-0.15, -0.1) is 0 Å². The van der Waals surface area contributed by atoms with E-state index in [0.717, 1.165) is 35.3 Å². The molecule has 0 fully saturated rings. The maximum Gasteiger partial charge on any atom is 0.207 e. The number of Topliss-reactive ketones (excluding diaryl/α,β-unsaturated/α-hetero) is 1. The van der Waals surface area contributed by atoms with Gasteiger partial charge in [-0.3, -0.25) is 4.79 Å². The number of hydrogen-bond acceptors (Lipinski definition) is 2. The molecule has 2 nitrogen and oxygen atoms in total. The van der Waals surface area contributed by atoms with Crippen molar-refractivity contribution in [2.45, 2.75) is 44.6 Å². The third kappa shape index (κ3) is 1.74. The van der Waals surface area contributed by atoms with Crippen molar-refractivity contribution in [1.82, 2.24) is 0 Å². The first-order chi connectivity index (χ1) is 11.7. The first-order valence-corrected chi connectivity index (χ1v) is 8.84. The zero-order valence-electron chi connectivity index (χ0n) is 13.9. The average Bonchev–Trinajstić information content (AvgIpc) is 3.01. The Hall–Kier alpha value is -2.35. The maximum atomic E-state index is 13.2. The average molecular weight is 316 g/mol. The number of benzene rings is 2. The van der Waals surface area contributed by atoms with E-state index in [1.807, 2.05) is 25.1 Å². The molecule has 0 saturated carbocycles. The molecule has 2 aromatic rings. The van der Waals surface area contributed by atoms with Gasteiger partial charge >= 0.3 is 0 Å². The molecule has 2 aromatic carbocycles. The summed E-state index contributed by atoms with van der Waals surface area (Å²) in [7, 11) is 0. The van der Waals surface area contributed by atoms with Crippen molar-refractivity contribution in [3.05, 3.63) is 69.8 Å². The highest BCUT2D eigenvalue weighted by atomic mass is 16.5. The summed E-state index contributed by atoms with van der Waals surface area (Å²) in [6, 6.07) is 12.6. The van der Waals surface area contributed by atoms with E-state index in [9.17, 15) is 4.79 Å². The van der Waals surface area contributed by atoms with E-state index in [2.05, 4.69) is 24.3 Å². The predicted molar refractivity (Wildman–Crippen MR) is 94.2 cm³/mol. The molecule has 0 saturated heterocycles. The summed E-state index contributed by atoms with van der Waals surface area (Å²) in [5.41, 5.74) is 5.99. The Morgan fingerprint density at radius 2 is 1.79 bits per heavy atom. The first kappa shape index (κ1) is 14.0. The fourth-order valence-corrected chi connectivity index (χ4v) is 4.59. The lowest BCUT2D eigenvalue weighted by atomic mass is 9.76. The predicted octanol–water partition coefficient (Wildman–Crippen LogP) is 4.38. The topological polar surface area (TPSA) is 26.3 Å². The zero-order valence-corrected chi connectivity index (χ0v) is 13.9. The molecule has 0 N–H and O–H groups in total. The van der Waals surface area contributed by atoms with Crippen LogP contribution in [0, 0.1) is 0 Å². The normalized spacial score (nSPS) is 24.0. The van der Waals surface area contributed by atoms with E-state index >= 15 is 0 Å². The van der Waals surface area contributed by atoms with E-state index in [1.165, 1.54) is 29.5 Å². The Bertz CT molecular complexity index is 906. The monoisotopic (exact) mass is 316 g/mol. The molecule has 0 aromatic heterocycles. The van der Waals surface area contributed by atoms with Gasteiger partial charge in [0.1, 0.15) is 5.75 Å². The molecule has 0 bridgehead atoms. The Balaban J connectivity index is 1.70. The van der Waals surface area contributed by atoms with Crippen LogP contribution in [0.2, 0.25) is 0 Å². The van der Waals surface area contributed by atoms with Crippen LogP contribution in [0.15, 0.2) is 42.0 Å². The second-order valence-electron chi connectivity index (χ2n) is 7.25. The van der Waals surface area contributed by atoms with Gasteiger partial charge in [-0.2, -0.15) is 0 Å². The molecule has 0 unspecified atom stereocenters. The van der Waals surface area contributed by atoms with E-state index in [1.54, 1.807) is 0 Å². The molecule has 3 aliphatic rings. The van der Waals surface area contributed by atoms with E-state index < -0.39 is 5.60 Å². The third-order valence-electron chi connectivity index (χ3n) is 5.77. The molecule has 120 valence electrons. The second-order valence-corrected chi connectivity index (χ2v) is 7.25. The molecule has 1 heterocycles. The summed E-state index contributed by atoms with van der Waals surface area (Å²) < 4.78 is 6.55. The van der Waals surface area contributed by atoms with Crippen molar-refractivity contribution < 1.29 is 9.53 Å². The Labute approximate surface area is 142 Å². The van der Waals surface area contributed by atoms with Gasteiger partial charge in [0.05, 0.1) is 0 Å². The van der Waals surface area contributed by atoms with Crippen LogP contribution in [0.1, 0.15) is 47.6 Å².